The molecule has 1 fully saturated rings. The first-order chi connectivity index (χ1) is 9.61. The summed E-state index contributed by atoms with van der Waals surface area (Å²) in [6.45, 7) is 5.35. The van der Waals surface area contributed by atoms with Crippen molar-refractivity contribution >= 4 is 11.4 Å². The molecule has 0 amide bonds. The minimum atomic E-state index is 0.122. The second-order valence-corrected chi connectivity index (χ2v) is 5.74. The number of anilines is 2. The number of hydrogen-bond acceptors (Lipinski definition) is 4. The van der Waals surface area contributed by atoms with E-state index in [1.807, 2.05) is 26.0 Å². The van der Waals surface area contributed by atoms with Gasteiger partial charge in [-0.1, -0.05) is 0 Å². The Morgan fingerprint density at radius 1 is 1.45 bits per heavy atom. The van der Waals surface area contributed by atoms with Crippen LogP contribution in [0.1, 0.15) is 39.5 Å². The van der Waals surface area contributed by atoms with Crippen LogP contribution in [0.15, 0.2) is 18.2 Å². The summed E-state index contributed by atoms with van der Waals surface area (Å²) in [6.07, 6.45) is 4.44. The topological polar surface area (TPSA) is 58.7 Å². The highest BCUT2D eigenvalue weighted by molar-refractivity contribution is 5.63. The Balaban J connectivity index is 2.14. The molecule has 1 aromatic carbocycles. The highest BCUT2D eigenvalue weighted by Gasteiger charge is 2.24. The lowest BCUT2D eigenvalue weighted by Crippen LogP contribution is -2.29. The molecule has 0 saturated carbocycles. The summed E-state index contributed by atoms with van der Waals surface area (Å²) in [7, 11) is 0. The van der Waals surface area contributed by atoms with Crippen LogP contribution < -0.4 is 15.4 Å². The number of aliphatic hydroxyl groups excluding tert-OH is 1. The number of nitrogens with two attached hydrogens (primary N) is 1. The normalized spacial score (nSPS) is 18.8. The van der Waals surface area contributed by atoms with Crippen LogP contribution in [0.25, 0.3) is 0 Å². The van der Waals surface area contributed by atoms with Crippen LogP contribution in [-0.2, 0) is 0 Å². The lowest BCUT2D eigenvalue weighted by atomic mass is 10.1. The summed E-state index contributed by atoms with van der Waals surface area (Å²) < 4.78 is 5.77. The van der Waals surface area contributed by atoms with Crippen molar-refractivity contribution in [3.63, 3.8) is 0 Å². The second-order valence-electron chi connectivity index (χ2n) is 5.74. The van der Waals surface area contributed by atoms with Gasteiger partial charge in [0.1, 0.15) is 5.75 Å². The molecule has 20 heavy (non-hydrogen) atoms. The van der Waals surface area contributed by atoms with Gasteiger partial charge in [-0.2, -0.15) is 0 Å². The van der Waals surface area contributed by atoms with Gasteiger partial charge in [-0.25, -0.2) is 0 Å². The van der Waals surface area contributed by atoms with Crippen LogP contribution in [0.5, 0.6) is 5.75 Å². The van der Waals surface area contributed by atoms with E-state index in [1.54, 1.807) is 0 Å². The molecule has 4 heteroatoms. The number of nitrogens with zero attached hydrogens (tertiary/aromatic N) is 1. The molecule has 4 nitrogen and oxygen atoms in total. The first-order valence-electron chi connectivity index (χ1n) is 7.55. The van der Waals surface area contributed by atoms with Crippen molar-refractivity contribution < 1.29 is 9.84 Å². The van der Waals surface area contributed by atoms with Gasteiger partial charge in [-0.15, -0.1) is 0 Å². The number of benzene rings is 1. The molecule has 1 saturated heterocycles. The van der Waals surface area contributed by atoms with Gasteiger partial charge >= 0.3 is 0 Å². The molecule has 1 aliphatic rings. The fourth-order valence-electron chi connectivity index (χ4n) is 2.86. The van der Waals surface area contributed by atoms with Gasteiger partial charge in [0.15, 0.2) is 0 Å². The van der Waals surface area contributed by atoms with Crippen molar-refractivity contribution in [2.75, 3.05) is 23.8 Å². The van der Waals surface area contributed by atoms with Crippen LogP contribution in [0, 0.1) is 0 Å². The zero-order valence-electron chi connectivity index (χ0n) is 12.5. The fourth-order valence-corrected chi connectivity index (χ4v) is 2.86. The molecule has 0 aliphatic carbocycles. The summed E-state index contributed by atoms with van der Waals surface area (Å²) in [5.74, 6) is 0.769. The van der Waals surface area contributed by atoms with Crippen molar-refractivity contribution in [1.29, 1.82) is 0 Å². The maximum Gasteiger partial charge on any atom is 0.144 e. The standard InChI is InChI=1S/C16H26N2O2/c1-12(2)20-16-11-14(7-8-15(16)17)18-9-3-5-13(18)6-4-10-19/h7-8,11-13,19H,3-6,9-10,17H2,1-2H3. The highest BCUT2D eigenvalue weighted by Crippen LogP contribution is 2.33. The molecule has 0 bridgehead atoms. The molecule has 1 unspecified atom stereocenters. The van der Waals surface area contributed by atoms with Gasteiger partial charge in [-0.3, -0.25) is 0 Å². The van der Waals surface area contributed by atoms with Crippen molar-refractivity contribution in [2.24, 2.45) is 0 Å². The van der Waals surface area contributed by atoms with E-state index in [2.05, 4.69) is 11.0 Å². The Morgan fingerprint density at radius 3 is 2.95 bits per heavy atom. The zero-order valence-corrected chi connectivity index (χ0v) is 12.5. The van der Waals surface area contributed by atoms with Gasteiger partial charge < -0.3 is 20.5 Å². The molecule has 1 aromatic rings. The molecule has 1 atom stereocenters. The molecule has 0 aromatic heterocycles. The molecule has 0 radical (unpaired) electrons. The second kappa shape index (κ2) is 6.84. The minimum Gasteiger partial charge on any atom is -0.489 e. The van der Waals surface area contributed by atoms with Gasteiger partial charge in [0.25, 0.3) is 0 Å². The number of nitrogen functional groups attached to an aromatic ring is 1. The third-order valence-corrected chi connectivity index (χ3v) is 3.76. The van der Waals surface area contributed by atoms with E-state index in [0.29, 0.717) is 11.7 Å². The quantitative estimate of drug-likeness (QED) is 0.786. The Labute approximate surface area is 121 Å². The monoisotopic (exact) mass is 278 g/mol. The number of aliphatic hydroxyl groups is 1. The van der Waals surface area contributed by atoms with Gasteiger partial charge in [0, 0.05) is 30.9 Å². The van der Waals surface area contributed by atoms with Crippen LogP contribution in [-0.4, -0.2) is 30.4 Å². The lowest BCUT2D eigenvalue weighted by molar-refractivity contribution is 0.244. The van der Waals surface area contributed by atoms with E-state index in [-0.39, 0.29) is 12.7 Å². The Morgan fingerprint density at radius 2 is 2.25 bits per heavy atom. The van der Waals surface area contributed by atoms with Gasteiger partial charge in [0.2, 0.25) is 0 Å². The summed E-state index contributed by atoms with van der Waals surface area (Å²) in [6, 6.07) is 6.57. The fraction of sp³-hybridized carbons (Fsp3) is 0.625. The first-order valence-corrected chi connectivity index (χ1v) is 7.55. The van der Waals surface area contributed by atoms with Crippen LogP contribution in [0.4, 0.5) is 11.4 Å². The van der Waals surface area contributed by atoms with Gasteiger partial charge in [-0.05, 0) is 51.7 Å². The van der Waals surface area contributed by atoms with Crippen LogP contribution in [0.2, 0.25) is 0 Å². The Hall–Kier alpha value is -1.42. The summed E-state index contributed by atoms with van der Waals surface area (Å²) in [5, 5.41) is 9.01. The third-order valence-electron chi connectivity index (χ3n) is 3.76. The van der Waals surface area contributed by atoms with Crippen molar-refractivity contribution in [3.8, 4) is 5.75 Å². The third kappa shape index (κ3) is 3.57. The predicted octanol–water partition coefficient (Wildman–Crippen LogP) is 2.80. The zero-order chi connectivity index (χ0) is 14.5. The molecule has 1 heterocycles. The number of hydrogen-bond donors (Lipinski definition) is 2. The van der Waals surface area contributed by atoms with E-state index < -0.39 is 0 Å². The van der Waals surface area contributed by atoms with Crippen molar-refractivity contribution in [2.45, 2.75) is 51.7 Å². The van der Waals surface area contributed by atoms with E-state index in [0.717, 1.165) is 25.1 Å². The van der Waals surface area contributed by atoms with E-state index in [9.17, 15) is 0 Å². The molecule has 3 N–H and O–H groups in total. The van der Waals surface area contributed by atoms with E-state index >= 15 is 0 Å². The average Bonchev–Trinajstić information content (AvgIpc) is 2.86. The van der Waals surface area contributed by atoms with Crippen LogP contribution >= 0.6 is 0 Å². The Bertz CT molecular complexity index is 434. The van der Waals surface area contributed by atoms with E-state index in [4.69, 9.17) is 15.6 Å². The van der Waals surface area contributed by atoms with Crippen LogP contribution in [0.3, 0.4) is 0 Å². The largest absolute Gasteiger partial charge is 0.489 e. The molecule has 0 spiro atoms. The highest BCUT2D eigenvalue weighted by atomic mass is 16.5. The number of ether oxygens (including phenoxy) is 1. The maximum atomic E-state index is 9.01. The molecular weight excluding hydrogens is 252 g/mol. The molecule has 112 valence electrons. The molecular formula is C16H26N2O2. The molecule has 2 rings (SSSR count). The summed E-state index contributed by atoms with van der Waals surface area (Å²) in [5.41, 5.74) is 7.84. The average molecular weight is 278 g/mol. The molecule has 1 aliphatic heterocycles. The first kappa shape index (κ1) is 15.0. The van der Waals surface area contributed by atoms with E-state index in [1.165, 1.54) is 18.5 Å². The number of rotatable bonds is 6. The smallest absolute Gasteiger partial charge is 0.144 e. The minimum absolute atomic E-state index is 0.122. The van der Waals surface area contributed by atoms with Crippen molar-refractivity contribution in [3.05, 3.63) is 18.2 Å². The predicted molar refractivity (Wildman–Crippen MR) is 83.3 cm³/mol. The van der Waals surface area contributed by atoms with Crippen molar-refractivity contribution in [1.82, 2.24) is 0 Å². The summed E-state index contributed by atoms with van der Waals surface area (Å²) in [4.78, 5) is 2.42. The Kier molecular flexibility index (Phi) is 5.12. The van der Waals surface area contributed by atoms with Gasteiger partial charge in [0.05, 0.1) is 11.8 Å². The SMILES string of the molecule is CC(C)Oc1cc(N2CCCC2CCCO)ccc1N. The summed E-state index contributed by atoms with van der Waals surface area (Å²) >= 11 is 0. The maximum absolute atomic E-state index is 9.01. The lowest BCUT2D eigenvalue weighted by Gasteiger charge is -2.27.